The smallest absolute Gasteiger partial charge is 0.221 e. The molecular weight excluding hydrogens is 316 g/mol. The van der Waals surface area contributed by atoms with Crippen molar-refractivity contribution >= 4 is 5.91 Å². The van der Waals surface area contributed by atoms with Crippen LogP contribution in [0, 0.1) is 0 Å². The highest BCUT2D eigenvalue weighted by molar-refractivity contribution is 5.76. The topological polar surface area (TPSA) is 59.6 Å². The van der Waals surface area contributed by atoms with E-state index in [4.69, 9.17) is 9.47 Å². The van der Waals surface area contributed by atoms with E-state index >= 15 is 0 Å². The molecule has 0 aliphatic rings. The van der Waals surface area contributed by atoms with Gasteiger partial charge in [-0.1, -0.05) is 36.4 Å². The minimum Gasteiger partial charge on any atom is -0.493 e. The molecule has 2 aromatic carbocycles. The zero-order valence-corrected chi connectivity index (χ0v) is 15.0. The molecule has 0 saturated carbocycles. The highest BCUT2D eigenvalue weighted by Gasteiger charge is 2.13. The van der Waals surface area contributed by atoms with Crippen molar-refractivity contribution in [3.05, 3.63) is 59.7 Å². The van der Waals surface area contributed by atoms with Gasteiger partial charge in [0.25, 0.3) is 0 Å². The molecular formula is C20H26N2O3. The molecule has 2 rings (SSSR count). The van der Waals surface area contributed by atoms with Crippen LogP contribution in [0.25, 0.3) is 0 Å². The third-order valence-electron chi connectivity index (χ3n) is 3.90. The lowest BCUT2D eigenvalue weighted by atomic mass is 10.1. The predicted molar refractivity (Wildman–Crippen MR) is 98.9 cm³/mol. The number of benzene rings is 2. The molecule has 0 saturated heterocycles. The number of hydrogen-bond acceptors (Lipinski definition) is 4. The Balaban J connectivity index is 2.01. The molecule has 0 aromatic heterocycles. The van der Waals surface area contributed by atoms with E-state index in [1.165, 1.54) is 0 Å². The van der Waals surface area contributed by atoms with E-state index in [0.717, 1.165) is 11.1 Å². The van der Waals surface area contributed by atoms with Crippen molar-refractivity contribution in [2.75, 3.05) is 20.7 Å². The van der Waals surface area contributed by atoms with Crippen molar-refractivity contribution in [2.24, 2.45) is 0 Å². The number of methoxy groups -OCH3 is 1. The van der Waals surface area contributed by atoms with Crippen molar-refractivity contribution < 1.29 is 14.3 Å². The van der Waals surface area contributed by atoms with E-state index < -0.39 is 0 Å². The number of carbonyl (C=O) groups is 1. The summed E-state index contributed by atoms with van der Waals surface area (Å²) in [6, 6.07) is 15.6. The van der Waals surface area contributed by atoms with Gasteiger partial charge in [0.1, 0.15) is 6.61 Å². The van der Waals surface area contributed by atoms with Crippen LogP contribution in [0.3, 0.4) is 0 Å². The van der Waals surface area contributed by atoms with E-state index in [-0.39, 0.29) is 11.9 Å². The molecule has 5 heteroatoms. The molecule has 0 aliphatic carbocycles. The number of carbonyl (C=O) groups excluding carboxylic acids is 1. The van der Waals surface area contributed by atoms with Crippen molar-refractivity contribution in [3.63, 3.8) is 0 Å². The minimum absolute atomic E-state index is 0.0187. The largest absolute Gasteiger partial charge is 0.493 e. The second-order valence-corrected chi connectivity index (χ2v) is 5.83. The number of hydrogen-bond donors (Lipinski definition) is 2. The highest BCUT2D eigenvalue weighted by atomic mass is 16.5. The summed E-state index contributed by atoms with van der Waals surface area (Å²) in [7, 11) is 3.44. The molecule has 0 radical (unpaired) electrons. The summed E-state index contributed by atoms with van der Waals surface area (Å²) >= 11 is 0. The molecule has 25 heavy (non-hydrogen) atoms. The van der Waals surface area contributed by atoms with Gasteiger partial charge in [-0.2, -0.15) is 0 Å². The number of nitrogens with one attached hydrogen (secondary N) is 2. The second-order valence-electron chi connectivity index (χ2n) is 5.83. The molecule has 1 unspecified atom stereocenters. The first-order valence-electron chi connectivity index (χ1n) is 8.42. The maximum Gasteiger partial charge on any atom is 0.221 e. The fraction of sp³-hybridized carbons (Fsp3) is 0.350. The Morgan fingerprint density at radius 2 is 1.88 bits per heavy atom. The molecule has 0 fully saturated rings. The van der Waals surface area contributed by atoms with Crippen molar-refractivity contribution in [3.8, 4) is 11.5 Å². The van der Waals surface area contributed by atoms with Crippen molar-refractivity contribution in [1.29, 1.82) is 0 Å². The van der Waals surface area contributed by atoms with Crippen molar-refractivity contribution in [2.45, 2.75) is 26.0 Å². The van der Waals surface area contributed by atoms with E-state index in [2.05, 4.69) is 10.6 Å². The second kappa shape index (κ2) is 9.69. The van der Waals surface area contributed by atoms with Crippen LogP contribution in [0.2, 0.25) is 0 Å². The summed E-state index contributed by atoms with van der Waals surface area (Å²) in [5.74, 6) is 1.36. The Hall–Kier alpha value is -2.53. The normalized spacial score (nSPS) is 11.6. The molecule has 0 bridgehead atoms. The lowest BCUT2D eigenvalue weighted by molar-refractivity contribution is -0.121. The lowest BCUT2D eigenvalue weighted by Crippen LogP contribution is -2.29. The fourth-order valence-electron chi connectivity index (χ4n) is 2.44. The van der Waals surface area contributed by atoms with Gasteiger partial charge in [-0.15, -0.1) is 0 Å². The molecule has 0 heterocycles. The van der Waals surface area contributed by atoms with E-state index in [1.807, 2.05) is 62.5 Å². The van der Waals surface area contributed by atoms with Gasteiger partial charge < -0.3 is 20.1 Å². The van der Waals surface area contributed by atoms with Crippen LogP contribution >= 0.6 is 0 Å². The SMILES string of the molecule is CNCCC(=O)NC(C)c1ccc(OCc2ccccc2)c(OC)c1. The number of rotatable bonds is 9. The van der Waals surface area contributed by atoms with Crippen LogP contribution < -0.4 is 20.1 Å². The summed E-state index contributed by atoms with van der Waals surface area (Å²) in [6.07, 6.45) is 0.455. The van der Waals surface area contributed by atoms with Crippen LogP contribution in [0.5, 0.6) is 11.5 Å². The predicted octanol–water partition coefficient (Wildman–Crippen LogP) is 3.06. The van der Waals surface area contributed by atoms with Crippen LogP contribution in [0.15, 0.2) is 48.5 Å². The molecule has 1 amide bonds. The Bertz CT molecular complexity index is 674. The Morgan fingerprint density at radius 3 is 2.56 bits per heavy atom. The summed E-state index contributed by atoms with van der Waals surface area (Å²) in [5, 5.41) is 5.95. The molecule has 0 spiro atoms. The maximum atomic E-state index is 11.9. The Kier molecular flexibility index (Phi) is 7.29. The lowest BCUT2D eigenvalue weighted by Gasteiger charge is -2.17. The van der Waals surface area contributed by atoms with Gasteiger partial charge in [0.15, 0.2) is 11.5 Å². The standard InChI is InChI=1S/C20H26N2O3/c1-15(22-20(23)11-12-21-2)17-9-10-18(19(13-17)24-3)25-14-16-7-5-4-6-8-16/h4-10,13,15,21H,11-12,14H2,1-3H3,(H,22,23). The Morgan fingerprint density at radius 1 is 1.12 bits per heavy atom. The summed E-state index contributed by atoms with van der Waals surface area (Å²) in [5.41, 5.74) is 2.07. The molecule has 5 nitrogen and oxygen atoms in total. The zero-order valence-electron chi connectivity index (χ0n) is 15.0. The van der Waals surface area contributed by atoms with E-state index in [0.29, 0.717) is 31.1 Å². The monoisotopic (exact) mass is 342 g/mol. The maximum absolute atomic E-state index is 11.9. The van der Waals surface area contributed by atoms with Crippen LogP contribution in [-0.4, -0.2) is 26.6 Å². The molecule has 1 atom stereocenters. The fourth-order valence-corrected chi connectivity index (χ4v) is 2.44. The molecule has 2 aromatic rings. The highest BCUT2D eigenvalue weighted by Crippen LogP contribution is 2.31. The van der Waals surface area contributed by atoms with Gasteiger partial charge in [0.05, 0.1) is 13.2 Å². The van der Waals surface area contributed by atoms with Gasteiger partial charge in [-0.3, -0.25) is 4.79 Å². The van der Waals surface area contributed by atoms with Gasteiger partial charge in [-0.05, 0) is 37.2 Å². The van der Waals surface area contributed by atoms with E-state index in [9.17, 15) is 4.79 Å². The average molecular weight is 342 g/mol. The van der Waals surface area contributed by atoms with Gasteiger partial charge in [-0.25, -0.2) is 0 Å². The van der Waals surface area contributed by atoms with Crippen LogP contribution in [-0.2, 0) is 11.4 Å². The quantitative estimate of drug-likeness (QED) is 0.735. The summed E-state index contributed by atoms with van der Waals surface area (Å²) < 4.78 is 11.3. The first kappa shape index (κ1) is 18.8. The summed E-state index contributed by atoms with van der Waals surface area (Å²) in [6.45, 7) is 3.09. The van der Waals surface area contributed by atoms with E-state index in [1.54, 1.807) is 7.11 Å². The third-order valence-corrected chi connectivity index (χ3v) is 3.90. The molecule has 134 valence electrons. The Labute approximate surface area is 149 Å². The first-order chi connectivity index (χ1) is 12.1. The van der Waals surface area contributed by atoms with Crippen molar-refractivity contribution in [1.82, 2.24) is 10.6 Å². The summed E-state index contributed by atoms with van der Waals surface area (Å²) in [4.78, 5) is 11.9. The van der Waals surface area contributed by atoms with Gasteiger partial charge in [0, 0.05) is 13.0 Å². The minimum atomic E-state index is -0.0959. The van der Waals surface area contributed by atoms with Crippen LogP contribution in [0.1, 0.15) is 30.5 Å². The number of ether oxygens (including phenoxy) is 2. The molecule has 2 N–H and O–H groups in total. The first-order valence-corrected chi connectivity index (χ1v) is 8.42. The van der Waals surface area contributed by atoms with Gasteiger partial charge in [0.2, 0.25) is 5.91 Å². The third kappa shape index (κ3) is 5.80. The average Bonchev–Trinajstić information content (AvgIpc) is 2.65. The molecule has 0 aliphatic heterocycles. The van der Waals surface area contributed by atoms with Crippen LogP contribution in [0.4, 0.5) is 0 Å². The number of amides is 1. The zero-order chi connectivity index (χ0) is 18.1. The van der Waals surface area contributed by atoms with Gasteiger partial charge >= 0.3 is 0 Å².